The van der Waals surface area contributed by atoms with Crippen LogP contribution in [0.2, 0.25) is 0 Å². The zero-order valence-electron chi connectivity index (χ0n) is 16.2. The van der Waals surface area contributed by atoms with E-state index in [1.807, 2.05) is 36.1 Å². The van der Waals surface area contributed by atoms with Crippen LogP contribution in [-0.2, 0) is 4.79 Å². The lowest BCUT2D eigenvalue weighted by atomic mass is 9.91. The SMILES string of the molecule is Cc1ccccc1C(=O)NC(CC(C)C)C(=O)N1CC(C)CC(C)C1. The minimum absolute atomic E-state index is 0.0639. The Bertz CT molecular complexity index is 602. The van der Waals surface area contributed by atoms with Gasteiger partial charge in [0.05, 0.1) is 0 Å². The number of aryl methyl sites for hydroxylation is 1. The van der Waals surface area contributed by atoms with Crippen LogP contribution in [-0.4, -0.2) is 35.8 Å². The van der Waals surface area contributed by atoms with E-state index < -0.39 is 6.04 Å². The molecule has 3 atom stereocenters. The fourth-order valence-electron chi connectivity index (χ4n) is 3.82. The number of likely N-dealkylation sites (tertiary alicyclic amines) is 1. The van der Waals surface area contributed by atoms with E-state index in [0.29, 0.717) is 29.7 Å². The Kier molecular flexibility index (Phi) is 6.63. The van der Waals surface area contributed by atoms with E-state index in [0.717, 1.165) is 25.1 Å². The summed E-state index contributed by atoms with van der Waals surface area (Å²) in [5.41, 5.74) is 1.57. The van der Waals surface area contributed by atoms with E-state index in [-0.39, 0.29) is 11.8 Å². The molecular weight excluding hydrogens is 312 g/mol. The molecule has 1 saturated heterocycles. The highest BCUT2D eigenvalue weighted by molar-refractivity contribution is 5.98. The third kappa shape index (κ3) is 5.32. The van der Waals surface area contributed by atoms with Crippen LogP contribution >= 0.6 is 0 Å². The van der Waals surface area contributed by atoms with Gasteiger partial charge in [0.25, 0.3) is 5.91 Å². The van der Waals surface area contributed by atoms with Gasteiger partial charge in [0, 0.05) is 18.7 Å². The molecule has 138 valence electrons. The molecule has 25 heavy (non-hydrogen) atoms. The topological polar surface area (TPSA) is 49.4 Å². The maximum Gasteiger partial charge on any atom is 0.252 e. The van der Waals surface area contributed by atoms with Crippen molar-refractivity contribution in [2.75, 3.05) is 13.1 Å². The van der Waals surface area contributed by atoms with Crippen LogP contribution in [0.25, 0.3) is 0 Å². The van der Waals surface area contributed by atoms with E-state index in [9.17, 15) is 9.59 Å². The van der Waals surface area contributed by atoms with Gasteiger partial charge in [-0.1, -0.05) is 45.9 Å². The molecule has 2 amide bonds. The first-order valence-corrected chi connectivity index (χ1v) is 9.43. The molecule has 1 N–H and O–H groups in total. The molecule has 1 fully saturated rings. The molecule has 0 aromatic heterocycles. The van der Waals surface area contributed by atoms with Gasteiger partial charge in [-0.25, -0.2) is 0 Å². The van der Waals surface area contributed by atoms with E-state index in [1.54, 1.807) is 0 Å². The van der Waals surface area contributed by atoms with Gasteiger partial charge in [-0.2, -0.15) is 0 Å². The molecule has 3 unspecified atom stereocenters. The Morgan fingerprint density at radius 2 is 1.76 bits per heavy atom. The molecule has 2 rings (SSSR count). The second kappa shape index (κ2) is 8.50. The molecule has 4 nitrogen and oxygen atoms in total. The Balaban J connectivity index is 2.14. The van der Waals surface area contributed by atoms with Crippen molar-refractivity contribution < 1.29 is 9.59 Å². The summed E-state index contributed by atoms with van der Waals surface area (Å²) in [6, 6.07) is 7.05. The highest BCUT2D eigenvalue weighted by atomic mass is 16.2. The van der Waals surface area contributed by atoms with Gasteiger partial charge >= 0.3 is 0 Å². The highest BCUT2D eigenvalue weighted by Crippen LogP contribution is 2.22. The molecule has 0 bridgehead atoms. The van der Waals surface area contributed by atoms with Crippen molar-refractivity contribution in [3.05, 3.63) is 35.4 Å². The number of piperidine rings is 1. The van der Waals surface area contributed by atoms with Crippen LogP contribution in [0, 0.1) is 24.7 Å². The highest BCUT2D eigenvalue weighted by Gasteiger charge is 2.31. The van der Waals surface area contributed by atoms with Crippen molar-refractivity contribution in [2.24, 2.45) is 17.8 Å². The van der Waals surface area contributed by atoms with Crippen molar-refractivity contribution >= 4 is 11.8 Å². The monoisotopic (exact) mass is 344 g/mol. The average Bonchev–Trinajstić information content (AvgIpc) is 2.52. The maximum atomic E-state index is 13.1. The Labute approximate surface area is 152 Å². The largest absolute Gasteiger partial charge is 0.340 e. The lowest BCUT2D eigenvalue weighted by Crippen LogP contribution is -2.52. The predicted octanol–water partition coefficient (Wildman–Crippen LogP) is 3.64. The number of carbonyl (C=O) groups excluding carboxylic acids is 2. The summed E-state index contributed by atoms with van der Waals surface area (Å²) in [5.74, 6) is 1.27. The summed E-state index contributed by atoms with van der Waals surface area (Å²) in [6.07, 6.45) is 1.82. The second-order valence-corrected chi connectivity index (χ2v) is 8.16. The van der Waals surface area contributed by atoms with Crippen molar-refractivity contribution in [3.8, 4) is 0 Å². The number of nitrogens with one attached hydrogen (secondary N) is 1. The molecule has 1 heterocycles. The lowest BCUT2D eigenvalue weighted by Gasteiger charge is -2.37. The first-order chi connectivity index (χ1) is 11.8. The van der Waals surface area contributed by atoms with Crippen molar-refractivity contribution in [1.29, 1.82) is 0 Å². The zero-order chi connectivity index (χ0) is 18.6. The van der Waals surface area contributed by atoms with Crippen LogP contribution in [0.3, 0.4) is 0 Å². The molecule has 1 aliphatic heterocycles. The van der Waals surface area contributed by atoms with E-state index in [1.165, 1.54) is 0 Å². The van der Waals surface area contributed by atoms with E-state index in [4.69, 9.17) is 0 Å². The summed E-state index contributed by atoms with van der Waals surface area (Å²) in [6.45, 7) is 12.1. The predicted molar refractivity (Wildman–Crippen MR) is 101 cm³/mol. The summed E-state index contributed by atoms with van der Waals surface area (Å²) in [4.78, 5) is 27.7. The quantitative estimate of drug-likeness (QED) is 0.886. The minimum Gasteiger partial charge on any atom is -0.340 e. The first-order valence-electron chi connectivity index (χ1n) is 9.43. The van der Waals surface area contributed by atoms with Crippen molar-refractivity contribution in [1.82, 2.24) is 10.2 Å². The van der Waals surface area contributed by atoms with Crippen molar-refractivity contribution in [2.45, 2.75) is 53.5 Å². The van der Waals surface area contributed by atoms with Crippen LogP contribution in [0.15, 0.2) is 24.3 Å². The van der Waals surface area contributed by atoms with Gasteiger partial charge in [0.2, 0.25) is 5.91 Å². The number of amides is 2. The summed E-state index contributed by atoms with van der Waals surface area (Å²) in [7, 11) is 0. The van der Waals surface area contributed by atoms with Gasteiger partial charge in [-0.05, 0) is 49.1 Å². The maximum absolute atomic E-state index is 13.1. The van der Waals surface area contributed by atoms with Crippen LogP contribution in [0.1, 0.15) is 56.5 Å². The summed E-state index contributed by atoms with van der Waals surface area (Å²) in [5, 5.41) is 3.00. The Morgan fingerprint density at radius 1 is 1.16 bits per heavy atom. The smallest absolute Gasteiger partial charge is 0.252 e. The fourth-order valence-corrected chi connectivity index (χ4v) is 3.82. The van der Waals surface area contributed by atoms with Gasteiger partial charge in [-0.3, -0.25) is 9.59 Å². The van der Waals surface area contributed by atoms with E-state index in [2.05, 4.69) is 33.0 Å². The molecule has 0 saturated carbocycles. The molecule has 1 aromatic carbocycles. The van der Waals surface area contributed by atoms with Gasteiger partial charge in [-0.15, -0.1) is 0 Å². The Morgan fingerprint density at radius 3 is 2.32 bits per heavy atom. The number of hydrogen-bond donors (Lipinski definition) is 1. The molecule has 0 spiro atoms. The molecular formula is C21H32N2O2. The number of carbonyl (C=O) groups is 2. The van der Waals surface area contributed by atoms with E-state index >= 15 is 0 Å². The van der Waals surface area contributed by atoms with Crippen LogP contribution in [0.4, 0.5) is 0 Å². The first kappa shape index (κ1) is 19.5. The second-order valence-electron chi connectivity index (χ2n) is 8.16. The molecule has 1 aliphatic rings. The number of nitrogens with zero attached hydrogens (tertiary/aromatic N) is 1. The standard InChI is InChI=1S/C21H32N2O2/c1-14(2)10-19(21(25)23-12-15(3)11-16(4)13-23)22-20(24)18-9-7-6-8-17(18)5/h6-9,14-16,19H,10-13H2,1-5H3,(H,22,24). The normalized spacial score (nSPS) is 21.9. The third-order valence-electron chi connectivity index (χ3n) is 4.88. The number of benzene rings is 1. The molecule has 4 heteroatoms. The van der Waals surface area contributed by atoms with Gasteiger partial charge in [0.15, 0.2) is 0 Å². The third-order valence-corrected chi connectivity index (χ3v) is 4.88. The van der Waals surface area contributed by atoms with Gasteiger partial charge in [0.1, 0.15) is 6.04 Å². The number of rotatable bonds is 5. The number of hydrogen-bond acceptors (Lipinski definition) is 2. The Hall–Kier alpha value is -1.84. The lowest BCUT2D eigenvalue weighted by molar-refractivity contribution is -0.136. The molecule has 0 radical (unpaired) electrons. The van der Waals surface area contributed by atoms with Gasteiger partial charge < -0.3 is 10.2 Å². The van der Waals surface area contributed by atoms with Crippen LogP contribution < -0.4 is 5.32 Å². The van der Waals surface area contributed by atoms with Crippen LogP contribution in [0.5, 0.6) is 0 Å². The fraction of sp³-hybridized carbons (Fsp3) is 0.619. The molecule has 0 aliphatic carbocycles. The average molecular weight is 344 g/mol. The van der Waals surface area contributed by atoms with Crippen molar-refractivity contribution in [3.63, 3.8) is 0 Å². The minimum atomic E-state index is -0.454. The zero-order valence-corrected chi connectivity index (χ0v) is 16.2. The molecule has 1 aromatic rings. The summed E-state index contributed by atoms with van der Waals surface area (Å²) >= 11 is 0. The summed E-state index contributed by atoms with van der Waals surface area (Å²) < 4.78 is 0.